The smallest absolute Gasteiger partial charge is 0.194 e. The van der Waals surface area contributed by atoms with Crippen molar-refractivity contribution in [1.82, 2.24) is 14.7 Å². The molecule has 2 aromatic rings. The number of imidazole rings is 1. The van der Waals surface area contributed by atoms with Crippen LogP contribution in [0, 0.1) is 6.92 Å². The lowest BCUT2D eigenvalue weighted by Gasteiger charge is -2.23. The van der Waals surface area contributed by atoms with Crippen LogP contribution >= 0.6 is 11.3 Å². The second kappa shape index (κ2) is 5.36. The minimum Gasteiger partial charge on any atom is -0.376 e. The topological polar surface area (TPSA) is 47.8 Å². The molecule has 0 bridgehead atoms. The molecule has 0 aliphatic carbocycles. The highest BCUT2D eigenvalue weighted by molar-refractivity contribution is 7.15. The van der Waals surface area contributed by atoms with Crippen LogP contribution in [0.1, 0.15) is 11.4 Å². The summed E-state index contributed by atoms with van der Waals surface area (Å²) in [5.74, 6) is 0. The molecule has 0 spiro atoms. The maximum atomic E-state index is 5.59. The molecule has 6 heteroatoms. The zero-order chi connectivity index (χ0) is 12.4. The monoisotopic (exact) mass is 267 g/mol. The van der Waals surface area contributed by atoms with Gasteiger partial charge in [0.2, 0.25) is 0 Å². The van der Waals surface area contributed by atoms with Gasteiger partial charge in [-0.2, -0.15) is 0 Å². The zero-order valence-electron chi connectivity index (χ0n) is 10.4. The molecule has 5 nitrogen and oxygen atoms in total. The molecule has 1 aliphatic rings. The maximum absolute atomic E-state index is 5.59. The van der Waals surface area contributed by atoms with Crippen molar-refractivity contribution in [3.63, 3.8) is 0 Å². The van der Waals surface area contributed by atoms with Crippen LogP contribution in [-0.2, 0) is 16.0 Å². The average Bonchev–Trinajstić information content (AvgIpc) is 2.93. The standard InChI is InChI=1S/C12H17N3O2S/c1-9-11(15-2-5-18-12(15)14-9)7-13-6-10-8-16-3-4-17-10/h2,5,10,13H,3-4,6-8H2,1H3. The number of hydrogen-bond donors (Lipinski definition) is 1. The molecule has 0 aromatic carbocycles. The molecule has 1 atom stereocenters. The van der Waals surface area contributed by atoms with Gasteiger partial charge in [-0.15, -0.1) is 11.3 Å². The van der Waals surface area contributed by atoms with Crippen molar-refractivity contribution in [3.8, 4) is 0 Å². The summed E-state index contributed by atoms with van der Waals surface area (Å²) in [5.41, 5.74) is 2.32. The fourth-order valence-electron chi connectivity index (χ4n) is 2.16. The van der Waals surface area contributed by atoms with E-state index in [1.165, 1.54) is 5.69 Å². The summed E-state index contributed by atoms with van der Waals surface area (Å²) in [6, 6.07) is 0. The predicted octanol–water partition coefficient (Wildman–Crippen LogP) is 1.21. The lowest BCUT2D eigenvalue weighted by molar-refractivity contribution is -0.0864. The van der Waals surface area contributed by atoms with E-state index in [9.17, 15) is 0 Å². The molecule has 18 heavy (non-hydrogen) atoms. The molecule has 1 saturated heterocycles. The van der Waals surface area contributed by atoms with Crippen LogP contribution in [0.25, 0.3) is 4.96 Å². The number of nitrogens with one attached hydrogen (secondary N) is 1. The number of aryl methyl sites for hydroxylation is 1. The molecule has 0 radical (unpaired) electrons. The van der Waals surface area contributed by atoms with Crippen LogP contribution in [0.4, 0.5) is 0 Å². The summed E-state index contributed by atoms with van der Waals surface area (Å²) >= 11 is 1.66. The fourth-order valence-corrected chi connectivity index (χ4v) is 2.94. The minimum absolute atomic E-state index is 0.171. The predicted molar refractivity (Wildman–Crippen MR) is 70.1 cm³/mol. The van der Waals surface area contributed by atoms with Crippen molar-refractivity contribution in [2.24, 2.45) is 0 Å². The quantitative estimate of drug-likeness (QED) is 0.904. The SMILES string of the molecule is Cc1nc2sccn2c1CNCC1COCCO1. The molecule has 3 rings (SSSR count). The van der Waals surface area contributed by atoms with Crippen LogP contribution in [0.15, 0.2) is 11.6 Å². The van der Waals surface area contributed by atoms with Gasteiger partial charge < -0.3 is 14.8 Å². The Kier molecular flexibility index (Phi) is 3.60. The largest absolute Gasteiger partial charge is 0.376 e. The van der Waals surface area contributed by atoms with Gasteiger partial charge in [-0.3, -0.25) is 4.40 Å². The second-order valence-electron chi connectivity index (χ2n) is 4.40. The highest BCUT2D eigenvalue weighted by atomic mass is 32.1. The summed E-state index contributed by atoms with van der Waals surface area (Å²) in [7, 11) is 0. The summed E-state index contributed by atoms with van der Waals surface area (Å²) in [5, 5.41) is 5.48. The van der Waals surface area contributed by atoms with E-state index in [0.717, 1.165) is 23.7 Å². The summed E-state index contributed by atoms with van der Waals surface area (Å²) in [6.45, 7) is 5.78. The van der Waals surface area contributed by atoms with Crippen molar-refractivity contribution in [3.05, 3.63) is 23.0 Å². The van der Waals surface area contributed by atoms with E-state index in [4.69, 9.17) is 9.47 Å². The first-order valence-electron chi connectivity index (χ1n) is 6.15. The highest BCUT2D eigenvalue weighted by Gasteiger charge is 2.14. The molecule has 2 aromatic heterocycles. The van der Waals surface area contributed by atoms with Crippen LogP contribution in [0.5, 0.6) is 0 Å². The van der Waals surface area contributed by atoms with Crippen molar-refractivity contribution in [1.29, 1.82) is 0 Å². The van der Waals surface area contributed by atoms with Crippen molar-refractivity contribution in [2.45, 2.75) is 19.6 Å². The Labute approximate surface area is 110 Å². The lowest BCUT2D eigenvalue weighted by Crippen LogP contribution is -2.37. The molecular weight excluding hydrogens is 250 g/mol. The summed E-state index contributed by atoms with van der Waals surface area (Å²) < 4.78 is 13.1. The van der Waals surface area contributed by atoms with E-state index in [-0.39, 0.29) is 6.10 Å². The van der Waals surface area contributed by atoms with E-state index in [1.54, 1.807) is 11.3 Å². The lowest BCUT2D eigenvalue weighted by atomic mass is 10.3. The van der Waals surface area contributed by atoms with Gasteiger partial charge in [0.25, 0.3) is 0 Å². The van der Waals surface area contributed by atoms with Gasteiger partial charge in [-0.1, -0.05) is 0 Å². The van der Waals surface area contributed by atoms with Gasteiger partial charge in [0.05, 0.1) is 37.3 Å². The normalized spacial score (nSPS) is 20.6. The molecule has 1 N–H and O–H groups in total. The van der Waals surface area contributed by atoms with Crippen LogP contribution in [0.3, 0.4) is 0 Å². The van der Waals surface area contributed by atoms with E-state index in [1.807, 2.05) is 0 Å². The number of hydrogen-bond acceptors (Lipinski definition) is 5. The first-order valence-corrected chi connectivity index (χ1v) is 7.03. The molecule has 1 unspecified atom stereocenters. The molecular formula is C12H17N3O2S. The third-order valence-electron chi connectivity index (χ3n) is 3.11. The van der Waals surface area contributed by atoms with Gasteiger partial charge in [0, 0.05) is 24.7 Å². The highest BCUT2D eigenvalue weighted by Crippen LogP contribution is 2.16. The molecule has 98 valence electrons. The Morgan fingerprint density at radius 2 is 2.50 bits per heavy atom. The Morgan fingerprint density at radius 3 is 3.33 bits per heavy atom. The van der Waals surface area contributed by atoms with E-state index in [0.29, 0.717) is 19.8 Å². The molecule has 0 amide bonds. The van der Waals surface area contributed by atoms with Crippen LogP contribution < -0.4 is 5.32 Å². The van der Waals surface area contributed by atoms with E-state index < -0.39 is 0 Å². The third kappa shape index (κ3) is 2.42. The number of aromatic nitrogens is 2. The van der Waals surface area contributed by atoms with Crippen molar-refractivity contribution >= 4 is 16.3 Å². The number of ether oxygens (including phenoxy) is 2. The van der Waals surface area contributed by atoms with Crippen LogP contribution in [-0.4, -0.2) is 41.9 Å². The van der Waals surface area contributed by atoms with Gasteiger partial charge >= 0.3 is 0 Å². The zero-order valence-corrected chi connectivity index (χ0v) is 11.2. The molecule has 0 saturated carbocycles. The second-order valence-corrected chi connectivity index (χ2v) is 5.27. The van der Waals surface area contributed by atoms with Gasteiger partial charge in [0.15, 0.2) is 4.96 Å². The third-order valence-corrected chi connectivity index (χ3v) is 3.87. The average molecular weight is 267 g/mol. The number of nitrogens with zero attached hydrogens (tertiary/aromatic N) is 2. The Bertz CT molecular complexity index is 516. The first kappa shape index (κ1) is 12.1. The Balaban J connectivity index is 1.59. The van der Waals surface area contributed by atoms with Gasteiger partial charge in [-0.05, 0) is 6.92 Å². The van der Waals surface area contributed by atoms with Gasteiger partial charge in [-0.25, -0.2) is 4.98 Å². The van der Waals surface area contributed by atoms with E-state index in [2.05, 4.69) is 33.2 Å². The van der Waals surface area contributed by atoms with Gasteiger partial charge in [0.1, 0.15) is 0 Å². The number of fused-ring (bicyclic) bond motifs is 1. The van der Waals surface area contributed by atoms with Crippen molar-refractivity contribution < 1.29 is 9.47 Å². The molecule has 1 aliphatic heterocycles. The summed E-state index contributed by atoms with van der Waals surface area (Å²) in [6.07, 6.45) is 2.24. The molecule has 1 fully saturated rings. The minimum atomic E-state index is 0.171. The number of thiazole rings is 1. The maximum Gasteiger partial charge on any atom is 0.194 e. The first-order chi connectivity index (χ1) is 8.84. The fraction of sp³-hybridized carbons (Fsp3) is 0.583. The molecule has 3 heterocycles. The Morgan fingerprint density at radius 1 is 1.56 bits per heavy atom. The Hall–Kier alpha value is -0.950. The van der Waals surface area contributed by atoms with Crippen molar-refractivity contribution in [2.75, 3.05) is 26.4 Å². The van der Waals surface area contributed by atoms with Crippen LogP contribution in [0.2, 0.25) is 0 Å². The summed E-state index contributed by atoms with van der Waals surface area (Å²) in [4.78, 5) is 5.58. The van der Waals surface area contributed by atoms with E-state index >= 15 is 0 Å². The number of rotatable bonds is 4.